The monoisotopic (exact) mass is 211 g/mol. The van der Waals surface area contributed by atoms with Crippen molar-refractivity contribution in [3.63, 3.8) is 0 Å². The first kappa shape index (κ1) is 11.7. The molecule has 1 aromatic rings. The van der Waals surface area contributed by atoms with Crippen LogP contribution in [-0.4, -0.2) is 14.5 Å². The van der Waals surface area contributed by atoms with Gasteiger partial charge < -0.3 is 14.7 Å². The molecule has 0 bridgehead atoms. The maximum atomic E-state index is 10.8. The van der Waals surface area contributed by atoms with Crippen LogP contribution in [0.1, 0.15) is 51.0 Å². The summed E-state index contributed by atoms with van der Waals surface area (Å²) in [4.78, 5) is 14.5. The Balaban J connectivity index is 3.39. The number of nitrogens with zero attached hydrogens (tertiary/aromatic N) is 3. The van der Waals surface area contributed by atoms with Gasteiger partial charge in [0.2, 0.25) is 5.82 Å². The molecule has 0 unspecified atom stereocenters. The van der Waals surface area contributed by atoms with E-state index in [4.69, 9.17) is 0 Å². The topological polar surface area (TPSA) is 61.0 Å². The Morgan fingerprint density at radius 2 is 1.80 bits per heavy atom. The average Bonchev–Trinajstić information content (AvgIpc) is 2.42. The fourth-order valence-corrected chi connectivity index (χ4v) is 1.81. The van der Waals surface area contributed by atoms with E-state index in [9.17, 15) is 10.1 Å². The van der Waals surface area contributed by atoms with Crippen LogP contribution in [0.25, 0.3) is 0 Å². The summed E-state index contributed by atoms with van der Waals surface area (Å²) in [6.07, 6.45) is 0. The molecular formula is C10H17N3O2. The number of hydrogen-bond donors (Lipinski definition) is 0. The van der Waals surface area contributed by atoms with Crippen molar-refractivity contribution < 1.29 is 4.92 Å². The smallest absolute Gasteiger partial charge is 0.358 e. The Morgan fingerprint density at radius 3 is 2.07 bits per heavy atom. The largest absolute Gasteiger partial charge is 0.385 e. The molecule has 0 saturated heterocycles. The molecule has 0 N–H and O–H groups in total. The fraction of sp³-hybridized carbons (Fsp3) is 0.700. The molecule has 5 heteroatoms. The summed E-state index contributed by atoms with van der Waals surface area (Å²) in [7, 11) is 1.84. The molecule has 0 atom stereocenters. The summed E-state index contributed by atoms with van der Waals surface area (Å²) in [5.74, 6) is 1.07. The van der Waals surface area contributed by atoms with Crippen LogP contribution in [0.3, 0.4) is 0 Å². The van der Waals surface area contributed by atoms with Crippen molar-refractivity contribution >= 4 is 5.82 Å². The van der Waals surface area contributed by atoms with E-state index in [1.165, 1.54) is 0 Å². The highest BCUT2D eigenvalue weighted by molar-refractivity contribution is 5.33. The highest BCUT2D eigenvalue weighted by Gasteiger charge is 2.28. The molecule has 0 amide bonds. The summed E-state index contributed by atoms with van der Waals surface area (Å²) in [5.41, 5.74) is 0.698. The first-order valence-electron chi connectivity index (χ1n) is 5.07. The normalized spacial score (nSPS) is 11.4. The maximum Gasteiger partial charge on any atom is 0.385 e. The quantitative estimate of drug-likeness (QED) is 0.570. The van der Waals surface area contributed by atoms with E-state index in [0.29, 0.717) is 5.69 Å². The minimum Gasteiger partial charge on any atom is -0.358 e. The SMILES string of the molecule is CC(C)c1nc([N+](=O)[O-])c(C(C)C)n1C. The van der Waals surface area contributed by atoms with Crippen LogP contribution in [-0.2, 0) is 7.05 Å². The third-order valence-corrected chi connectivity index (χ3v) is 2.39. The van der Waals surface area contributed by atoms with E-state index in [-0.39, 0.29) is 17.7 Å². The summed E-state index contributed by atoms with van der Waals surface area (Å²) in [6, 6.07) is 0. The van der Waals surface area contributed by atoms with Crippen LogP contribution in [0.5, 0.6) is 0 Å². The van der Waals surface area contributed by atoms with Gasteiger partial charge in [-0.2, -0.15) is 0 Å². The summed E-state index contributed by atoms with van der Waals surface area (Å²) in [5, 5.41) is 10.8. The molecular weight excluding hydrogens is 194 g/mol. The van der Waals surface area contributed by atoms with Crippen molar-refractivity contribution in [2.75, 3.05) is 0 Å². The summed E-state index contributed by atoms with van der Waals surface area (Å²) in [6.45, 7) is 7.84. The van der Waals surface area contributed by atoms with E-state index in [2.05, 4.69) is 4.98 Å². The van der Waals surface area contributed by atoms with Crippen LogP contribution in [0.2, 0.25) is 0 Å². The third kappa shape index (κ3) is 2.00. The Labute approximate surface area is 89.3 Å². The van der Waals surface area contributed by atoms with Crippen LogP contribution >= 0.6 is 0 Å². The van der Waals surface area contributed by atoms with E-state index < -0.39 is 4.92 Å². The predicted octanol–water partition coefficient (Wildman–Crippen LogP) is 2.58. The van der Waals surface area contributed by atoms with Gasteiger partial charge >= 0.3 is 5.82 Å². The number of aromatic nitrogens is 2. The number of rotatable bonds is 3. The number of hydrogen-bond acceptors (Lipinski definition) is 3. The van der Waals surface area contributed by atoms with Gasteiger partial charge in [0.25, 0.3) is 0 Å². The lowest BCUT2D eigenvalue weighted by Crippen LogP contribution is -2.05. The van der Waals surface area contributed by atoms with Gasteiger partial charge in [0.1, 0.15) is 5.69 Å². The molecule has 1 heterocycles. The Morgan fingerprint density at radius 1 is 1.27 bits per heavy atom. The lowest BCUT2D eigenvalue weighted by atomic mass is 10.1. The molecule has 15 heavy (non-hydrogen) atoms. The average molecular weight is 211 g/mol. The van der Waals surface area contributed by atoms with E-state index in [1.807, 2.05) is 39.3 Å². The third-order valence-electron chi connectivity index (χ3n) is 2.39. The van der Waals surface area contributed by atoms with Gasteiger partial charge in [0.15, 0.2) is 0 Å². The van der Waals surface area contributed by atoms with Crippen molar-refractivity contribution in [1.29, 1.82) is 0 Å². The van der Waals surface area contributed by atoms with Crippen molar-refractivity contribution in [2.45, 2.75) is 39.5 Å². The zero-order valence-electron chi connectivity index (χ0n) is 9.81. The maximum absolute atomic E-state index is 10.8. The van der Waals surface area contributed by atoms with Gasteiger partial charge in [0, 0.05) is 18.9 Å². The number of nitro groups is 1. The lowest BCUT2D eigenvalue weighted by Gasteiger charge is -2.07. The van der Waals surface area contributed by atoms with Crippen LogP contribution in [0, 0.1) is 10.1 Å². The molecule has 0 fully saturated rings. The minimum absolute atomic E-state index is 0.00352. The molecule has 84 valence electrons. The van der Waals surface area contributed by atoms with Gasteiger partial charge in [-0.25, -0.2) is 0 Å². The first-order chi connectivity index (χ1) is 6.86. The molecule has 1 rings (SSSR count). The van der Waals surface area contributed by atoms with Gasteiger partial charge in [-0.05, 0) is 9.91 Å². The second kappa shape index (κ2) is 4.00. The highest BCUT2D eigenvalue weighted by Crippen LogP contribution is 2.28. The standard InChI is InChI=1S/C10H17N3O2/c1-6(2)8-10(13(14)15)11-9(7(3)4)12(8)5/h6-7H,1-5H3. The van der Waals surface area contributed by atoms with Gasteiger partial charge in [0.05, 0.1) is 0 Å². The van der Waals surface area contributed by atoms with Crippen LogP contribution in [0.15, 0.2) is 0 Å². The van der Waals surface area contributed by atoms with Crippen molar-refractivity contribution in [3.05, 3.63) is 21.6 Å². The van der Waals surface area contributed by atoms with E-state index in [0.717, 1.165) is 5.82 Å². The van der Waals surface area contributed by atoms with E-state index >= 15 is 0 Å². The fourth-order valence-electron chi connectivity index (χ4n) is 1.81. The molecule has 0 aliphatic carbocycles. The molecule has 0 aliphatic rings. The van der Waals surface area contributed by atoms with Crippen LogP contribution < -0.4 is 0 Å². The van der Waals surface area contributed by atoms with Gasteiger partial charge in [-0.15, -0.1) is 0 Å². The summed E-state index contributed by atoms with van der Waals surface area (Å²) >= 11 is 0. The molecule has 0 saturated carbocycles. The first-order valence-corrected chi connectivity index (χ1v) is 5.07. The molecule has 0 aromatic carbocycles. The zero-order valence-corrected chi connectivity index (χ0v) is 9.81. The molecule has 5 nitrogen and oxygen atoms in total. The van der Waals surface area contributed by atoms with Crippen molar-refractivity contribution in [1.82, 2.24) is 9.55 Å². The van der Waals surface area contributed by atoms with Crippen LogP contribution in [0.4, 0.5) is 5.82 Å². The predicted molar refractivity (Wildman–Crippen MR) is 58.0 cm³/mol. The van der Waals surface area contributed by atoms with E-state index in [1.54, 1.807) is 0 Å². The lowest BCUT2D eigenvalue weighted by molar-refractivity contribution is -0.390. The Hall–Kier alpha value is -1.39. The Kier molecular flexibility index (Phi) is 3.12. The van der Waals surface area contributed by atoms with Gasteiger partial charge in [-0.3, -0.25) is 0 Å². The minimum atomic E-state index is -0.402. The molecule has 1 aromatic heterocycles. The molecule has 0 spiro atoms. The molecule has 0 aliphatic heterocycles. The summed E-state index contributed by atoms with van der Waals surface area (Å²) < 4.78 is 1.84. The van der Waals surface area contributed by atoms with Crippen molar-refractivity contribution in [2.24, 2.45) is 7.05 Å². The van der Waals surface area contributed by atoms with Gasteiger partial charge in [-0.1, -0.05) is 27.7 Å². The second-order valence-corrected chi connectivity index (χ2v) is 4.30. The molecule has 0 radical (unpaired) electrons. The zero-order chi connectivity index (χ0) is 11.7. The number of imidazole rings is 1. The van der Waals surface area contributed by atoms with Crippen molar-refractivity contribution in [3.8, 4) is 0 Å². The highest BCUT2D eigenvalue weighted by atomic mass is 16.6. The second-order valence-electron chi connectivity index (χ2n) is 4.30. The Bertz CT molecular complexity index is 380.